The van der Waals surface area contributed by atoms with Gasteiger partial charge in [0.2, 0.25) is 0 Å². The first-order valence-corrected chi connectivity index (χ1v) is 8.68. The summed E-state index contributed by atoms with van der Waals surface area (Å²) in [6.07, 6.45) is 0. The number of aromatic nitrogens is 3. The summed E-state index contributed by atoms with van der Waals surface area (Å²) in [5.41, 5.74) is 12.0. The zero-order valence-corrected chi connectivity index (χ0v) is 15.9. The van der Waals surface area contributed by atoms with E-state index in [1.165, 1.54) is 4.68 Å². The summed E-state index contributed by atoms with van der Waals surface area (Å²) in [4.78, 5) is 24.2. The van der Waals surface area contributed by atoms with E-state index in [2.05, 4.69) is 10.3 Å². The standard InChI is InChI=1S/C17H12Cl3N5O2/c18-10-3-1-9(2-4-10)15(26)13-11(19)5-8(6-12(13)20)7-25-14(17(22)27)16(21)23-24-25/h1-6H,7,21H2,(H2,22,27). The number of hydrogen-bond donors (Lipinski definition) is 2. The predicted octanol–water partition coefficient (Wildman–Crippen LogP) is 3.20. The summed E-state index contributed by atoms with van der Waals surface area (Å²) >= 11 is 18.4. The van der Waals surface area contributed by atoms with Crippen LogP contribution < -0.4 is 11.5 Å². The molecule has 7 nitrogen and oxygen atoms in total. The van der Waals surface area contributed by atoms with Crippen LogP contribution in [0.1, 0.15) is 32.0 Å². The fourth-order valence-electron chi connectivity index (χ4n) is 2.54. The van der Waals surface area contributed by atoms with Crippen molar-refractivity contribution in [2.24, 2.45) is 5.73 Å². The lowest BCUT2D eigenvalue weighted by molar-refractivity contribution is 0.0990. The van der Waals surface area contributed by atoms with Crippen LogP contribution in [0.3, 0.4) is 0 Å². The third-order valence-corrected chi connectivity index (χ3v) is 4.61. The van der Waals surface area contributed by atoms with Gasteiger partial charge in [-0.05, 0) is 42.0 Å². The van der Waals surface area contributed by atoms with Crippen LogP contribution in [-0.4, -0.2) is 26.7 Å². The molecule has 10 heteroatoms. The second-order valence-electron chi connectivity index (χ2n) is 5.62. The second kappa shape index (κ2) is 7.56. The van der Waals surface area contributed by atoms with Gasteiger partial charge in [-0.3, -0.25) is 9.59 Å². The third-order valence-electron chi connectivity index (χ3n) is 3.76. The Morgan fingerprint density at radius 1 is 1.04 bits per heavy atom. The molecule has 0 aliphatic rings. The van der Waals surface area contributed by atoms with Crippen LogP contribution in [0, 0.1) is 0 Å². The molecule has 0 saturated heterocycles. The van der Waals surface area contributed by atoms with E-state index >= 15 is 0 Å². The smallest absolute Gasteiger partial charge is 0.270 e. The summed E-state index contributed by atoms with van der Waals surface area (Å²) in [5, 5.41) is 8.24. The number of nitrogens with two attached hydrogens (primary N) is 2. The zero-order valence-electron chi connectivity index (χ0n) is 13.6. The molecular formula is C17H12Cl3N5O2. The molecule has 0 atom stereocenters. The van der Waals surface area contributed by atoms with Crippen LogP contribution >= 0.6 is 34.8 Å². The normalized spacial score (nSPS) is 10.8. The number of benzene rings is 2. The van der Waals surface area contributed by atoms with Gasteiger partial charge in [0, 0.05) is 10.6 Å². The molecule has 2 aromatic carbocycles. The molecule has 3 rings (SSSR count). The van der Waals surface area contributed by atoms with E-state index in [9.17, 15) is 9.59 Å². The van der Waals surface area contributed by atoms with Gasteiger partial charge in [-0.15, -0.1) is 5.10 Å². The number of rotatable bonds is 5. The Kier molecular flexibility index (Phi) is 5.36. The Hall–Kier alpha value is -2.61. The SMILES string of the molecule is NC(=O)c1c(N)nnn1Cc1cc(Cl)c(C(=O)c2ccc(Cl)cc2)c(Cl)c1. The van der Waals surface area contributed by atoms with Crippen molar-refractivity contribution in [2.75, 3.05) is 5.73 Å². The summed E-state index contributed by atoms with van der Waals surface area (Å²) in [7, 11) is 0. The lowest BCUT2D eigenvalue weighted by atomic mass is 10.0. The van der Waals surface area contributed by atoms with Gasteiger partial charge in [-0.2, -0.15) is 0 Å². The molecule has 0 radical (unpaired) electrons. The van der Waals surface area contributed by atoms with Gasteiger partial charge in [0.15, 0.2) is 17.3 Å². The molecule has 0 unspecified atom stereocenters. The number of nitrogen functional groups attached to an aromatic ring is 1. The largest absolute Gasteiger partial charge is 0.380 e. The minimum absolute atomic E-state index is 0.0245. The van der Waals surface area contributed by atoms with Crippen molar-refractivity contribution in [3.8, 4) is 0 Å². The minimum atomic E-state index is -0.760. The van der Waals surface area contributed by atoms with Gasteiger partial charge in [0.25, 0.3) is 5.91 Å². The zero-order chi connectivity index (χ0) is 19.7. The first kappa shape index (κ1) is 19.2. The second-order valence-corrected chi connectivity index (χ2v) is 6.87. The number of nitrogens with zero attached hydrogens (tertiary/aromatic N) is 3. The molecule has 0 saturated carbocycles. The van der Waals surface area contributed by atoms with Gasteiger partial charge in [0.1, 0.15) is 0 Å². The molecule has 27 heavy (non-hydrogen) atoms. The van der Waals surface area contributed by atoms with E-state index in [-0.39, 0.29) is 39.4 Å². The van der Waals surface area contributed by atoms with Crippen LogP contribution in [-0.2, 0) is 6.54 Å². The summed E-state index contributed by atoms with van der Waals surface area (Å²) in [5.74, 6) is -1.17. The van der Waals surface area contributed by atoms with Gasteiger partial charge in [-0.25, -0.2) is 4.68 Å². The average Bonchev–Trinajstić information content (AvgIpc) is 2.95. The monoisotopic (exact) mass is 423 g/mol. The van der Waals surface area contributed by atoms with E-state index in [1.54, 1.807) is 36.4 Å². The molecule has 3 aromatic rings. The summed E-state index contributed by atoms with van der Waals surface area (Å²) in [6.45, 7) is 0.0946. The highest BCUT2D eigenvalue weighted by Gasteiger charge is 2.20. The Bertz CT molecular complexity index is 1020. The maximum absolute atomic E-state index is 12.7. The molecule has 0 aliphatic heterocycles. The summed E-state index contributed by atoms with van der Waals surface area (Å²) < 4.78 is 1.24. The quantitative estimate of drug-likeness (QED) is 0.610. The highest BCUT2D eigenvalue weighted by Crippen LogP contribution is 2.30. The third kappa shape index (κ3) is 3.90. The van der Waals surface area contributed by atoms with E-state index in [4.69, 9.17) is 46.3 Å². The average molecular weight is 425 g/mol. The van der Waals surface area contributed by atoms with Crippen LogP contribution in [0.4, 0.5) is 5.82 Å². The Morgan fingerprint density at radius 3 is 2.19 bits per heavy atom. The number of anilines is 1. The van der Waals surface area contributed by atoms with Crippen LogP contribution in [0.15, 0.2) is 36.4 Å². The highest BCUT2D eigenvalue weighted by atomic mass is 35.5. The molecule has 0 bridgehead atoms. The Morgan fingerprint density at radius 2 is 1.63 bits per heavy atom. The topological polar surface area (TPSA) is 117 Å². The van der Waals surface area contributed by atoms with Gasteiger partial charge in [-0.1, -0.05) is 40.0 Å². The van der Waals surface area contributed by atoms with Crippen molar-refractivity contribution in [2.45, 2.75) is 6.54 Å². The fourth-order valence-corrected chi connectivity index (χ4v) is 3.37. The molecule has 1 aromatic heterocycles. The van der Waals surface area contributed by atoms with Crippen LogP contribution in [0.2, 0.25) is 15.1 Å². The van der Waals surface area contributed by atoms with E-state index in [1.807, 2.05) is 0 Å². The molecule has 138 valence electrons. The number of primary amides is 1. The van der Waals surface area contributed by atoms with Crippen molar-refractivity contribution in [3.05, 3.63) is 73.9 Å². The maximum atomic E-state index is 12.7. The van der Waals surface area contributed by atoms with Gasteiger partial charge < -0.3 is 11.5 Å². The van der Waals surface area contributed by atoms with Crippen LogP contribution in [0.25, 0.3) is 0 Å². The number of carbonyl (C=O) groups excluding carboxylic acids is 2. The number of carbonyl (C=O) groups is 2. The minimum Gasteiger partial charge on any atom is -0.380 e. The molecule has 0 spiro atoms. The molecule has 1 amide bonds. The van der Waals surface area contributed by atoms with Crippen molar-refractivity contribution >= 4 is 52.3 Å². The lowest BCUT2D eigenvalue weighted by Crippen LogP contribution is -2.19. The Labute approximate surface area is 168 Å². The van der Waals surface area contributed by atoms with Crippen LogP contribution in [0.5, 0.6) is 0 Å². The fraction of sp³-hybridized carbons (Fsp3) is 0.0588. The van der Waals surface area contributed by atoms with Gasteiger partial charge in [0.05, 0.1) is 22.2 Å². The number of ketones is 1. The molecule has 0 aliphatic carbocycles. The Balaban J connectivity index is 1.95. The van der Waals surface area contributed by atoms with Crippen molar-refractivity contribution in [1.29, 1.82) is 0 Å². The maximum Gasteiger partial charge on any atom is 0.270 e. The van der Waals surface area contributed by atoms with Gasteiger partial charge >= 0.3 is 0 Å². The number of hydrogen-bond acceptors (Lipinski definition) is 5. The van der Waals surface area contributed by atoms with E-state index in [0.717, 1.165) is 0 Å². The van der Waals surface area contributed by atoms with Crippen molar-refractivity contribution in [3.63, 3.8) is 0 Å². The predicted molar refractivity (Wildman–Crippen MR) is 103 cm³/mol. The molecule has 0 fully saturated rings. The number of halogens is 3. The van der Waals surface area contributed by atoms with E-state index < -0.39 is 5.91 Å². The first-order valence-electron chi connectivity index (χ1n) is 7.55. The molecule has 1 heterocycles. The molecular weight excluding hydrogens is 413 g/mol. The van der Waals surface area contributed by atoms with Crippen molar-refractivity contribution < 1.29 is 9.59 Å². The molecule has 4 N–H and O–H groups in total. The lowest BCUT2D eigenvalue weighted by Gasteiger charge is -2.10. The van der Waals surface area contributed by atoms with E-state index in [0.29, 0.717) is 16.1 Å². The van der Waals surface area contributed by atoms with Crippen molar-refractivity contribution in [1.82, 2.24) is 15.0 Å². The highest BCUT2D eigenvalue weighted by molar-refractivity contribution is 6.41. The first-order chi connectivity index (χ1) is 12.8. The summed E-state index contributed by atoms with van der Waals surface area (Å²) in [6, 6.07) is 9.49. The number of amides is 1.